The first kappa shape index (κ1) is 29.2. The lowest BCUT2D eigenvalue weighted by molar-refractivity contribution is 0.724. The molecule has 0 radical (unpaired) electrons. The maximum Gasteiger partial charge on any atom is 0.160 e. The predicted molar refractivity (Wildman–Crippen MR) is 206 cm³/mol. The van der Waals surface area contributed by atoms with Gasteiger partial charge in [0.15, 0.2) is 5.82 Å². The van der Waals surface area contributed by atoms with Crippen LogP contribution in [0.15, 0.2) is 180 Å². The minimum atomic E-state index is -0.424. The van der Waals surface area contributed by atoms with Gasteiger partial charge >= 0.3 is 0 Å². The van der Waals surface area contributed by atoms with Crippen molar-refractivity contribution in [2.24, 2.45) is 0 Å². The molecule has 0 amide bonds. The molecule has 2 heterocycles. The van der Waals surface area contributed by atoms with Crippen LogP contribution in [0.5, 0.6) is 0 Å². The Labute approximate surface area is 296 Å². The van der Waals surface area contributed by atoms with Crippen molar-refractivity contribution in [1.29, 1.82) is 0 Å². The van der Waals surface area contributed by atoms with Gasteiger partial charge in [0.25, 0.3) is 0 Å². The van der Waals surface area contributed by atoms with Crippen molar-refractivity contribution >= 4 is 17.3 Å². The standard InChI is InChI=1S/C47H32N2S/c1-3-14-32(15-4-1)41-30-42(49-46(48-41)34-16-5-2-6-17-34)33-28-26-31(27-29-33)35-19-13-20-37-36-18-7-8-21-38(36)47(45(35)37)39-22-9-11-24-43(39)50-44-25-12-10-23-40(44)47/h2-3,5-30H,1,4H2. The zero-order valence-corrected chi connectivity index (χ0v) is 28.2. The first-order valence-corrected chi connectivity index (χ1v) is 18.1. The van der Waals surface area contributed by atoms with Gasteiger partial charge in [-0.2, -0.15) is 0 Å². The number of fused-ring (bicyclic) bond motifs is 9. The first-order valence-electron chi connectivity index (χ1n) is 17.3. The van der Waals surface area contributed by atoms with Gasteiger partial charge in [-0.15, -0.1) is 0 Å². The van der Waals surface area contributed by atoms with E-state index in [0.717, 1.165) is 46.8 Å². The Hall–Kier alpha value is -5.77. The van der Waals surface area contributed by atoms with Crippen LogP contribution in [0, 0.1) is 0 Å². The summed E-state index contributed by atoms with van der Waals surface area (Å²) in [5.41, 5.74) is 15.2. The monoisotopic (exact) mass is 656 g/mol. The van der Waals surface area contributed by atoms with Gasteiger partial charge in [-0.3, -0.25) is 0 Å². The zero-order chi connectivity index (χ0) is 33.1. The van der Waals surface area contributed by atoms with E-state index in [1.54, 1.807) is 0 Å². The van der Waals surface area contributed by atoms with Crippen LogP contribution in [-0.2, 0) is 5.41 Å². The molecule has 10 rings (SSSR count). The Morgan fingerprint density at radius 3 is 1.84 bits per heavy atom. The van der Waals surface area contributed by atoms with E-state index in [-0.39, 0.29) is 0 Å². The van der Waals surface area contributed by atoms with Gasteiger partial charge in [0.1, 0.15) is 0 Å². The first-order chi connectivity index (χ1) is 24.8. The van der Waals surface area contributed by atoms with Gasteiger partial charge in [-0.1, -0.05) is 163 Å². The lowest BCUT2D eigenvalue weighted by Gasteiger charge is -2.40. The molecule has 0 bridgehead atoms. The van der Waals surface area contributed by atoms with Crippen molar-refractivity contribution in [2.45, 2.75) is 28.0 Å². The van der Waals surface area contributed by atoms with Crippen molar-refractivity contribution in [3.63, 3.8) is 0 Å². The minimum absolute atomic E-state index is 0.424. The van der Waals surface area contributed by atoms with Crippen LogP contribution in [0.2, 0.25) is 0 Å². The number of hydrogen-bond acceptors (Lipinski definition) is 3. The van der Waals surface area contributed by atoms with Crippen LogP contribution in [-0.4, -0.2) is 9.97 Å². The molecule has 1 aliphatic heterocycles. The fourth-order valence-corrected chi connectivity index (χ4v) is 9.43. The van der Waals surface area contributed by atoms with Crippen molar-refractivity contribution in [3.05, 3.63) is 198 Å². The van der Waals surface area contributed by atoms with E-state index in [0.29, 0.717) is 0 Å². The number of rotatable bonds is 4. The topological polar surface area (TPSA) is 25.8 Å². The number of hydrogen-bond donors (Lipinski definition) is 0. The smallest absolute Gasteiger partial charge is 0.160 e. The molecule has 50 heavy (non-hydrogen) atoms. The molecule has 7 aromatic rings. The number of nitrogens with zero attached hydrogens (tertiary/aromatic N) is 2. The highest BCUT2D eigenvalue weighted by molar-refractivity contribution is 7.99. The molecule has 3 heteroatoms. The Balaban J connectivity index is 1.16. The molecule has 0 unspecified atom stereocenters. The van der Waals surface area contributed by atoms with Crippen molar-refractivity contribution in [3.8, 4) is 44.9 Å². The highest BCUT2D eigenvalue weighted by atomic mass is 32.2. The predicted octanol–water partition coefficient (Wildman–Crippen LogP) is 12.0. The number of aromatic nitrogens is 2. The van der Waals surface area contributed by atoms with Gasteiger partial charge in [0, 0.05) is 20.9 Å². The average molecular weight is 657 g/mol. The quantitative estimate of drug-likeness (QED) is 0.189. The molecular formula is C47H32N2S. The van der Waals surface area contributed by atoms with E-state index in [1.807, 2.05) is 30.0 Å². The van der Waals surface area contributed by atoms with E-state index in [4.69, 9.17) is 9.97 Å². The van der Waals surface area contributed by atoms with Crippen molar-refractivity contribution in [1.82, 2.24) is 9.97 Å². The highest BCUT2D eigenvalue weighted by Crippen LogP contribution is 2.63. The molecule has 0 saturated heterocycles. The van der Waals surface area contributed by atoms with Crippen LogP contribution in [0.25, 0.3) is 50.5 Å². The van der Waals surface area contributed by atoms with Crippen molar-refractivity contribution in [2.75, 3.05) is 0 Å². The van der Waals surface area contributed by atoms with Gasteiger partial charge in [0.2, 0.25) is 0 Å². The van der Waals surface area contributed by atoms with Crippen LogP contribution >= 0.6 is 11.8 Å². The zero-order valence-electron chi connectivity index (χ0n) is 27.4. The van der Waals surface area contributed by atoms with Gasteiger partial charge in [0.05, 0.1) is 16.8 Å². The summed E-state index contributed by atoms with van der Waals surface area (Å²) in [5, 5.41) is 0. The summed E-state index contributed by atoms with van der Waals surface area (Å²) < 4.78 is 0. The average Bonchev–Trinajstić information content (AvgIpc) is 3.49. The van der Waals surface area contributed by atoms with Crippen LogP contribution in [0.1, 0.15) is 40.8 Å². The molecule has 0 fully saturated rings. The lowest BCUT2D eigenvalue weighted by atomic mass is 9.66. The largest absolute Gasteiger partial charge is 0.228 e. The second kappa shape index (κ2) is 11.7. The molecule has 2 aliphatic carbocycles. The summed E-state index contributed by atoms with van der Waals surface area (Å²) in [6, 6.07) is 55.3. The van der Waals surface area contributed by atoms with Gasteiger partial charge < -0.3 is 0 Å². The molecule has 0 atom stereocenters. The second-order valence-corrected chi connectivity index (χ2v) is 14.2. The fraction of sp³-hybridized carbons (Fsp3) is 0.0638. The summed E-state index contributed by atoms with van der Waals surface area (Å²) >= 11 is 1.88. The van der Waals surface area contributed by atoms with E-state index >= 15 is 0 Å². The molecule has 6 aromatic carbocycles. The Morgan fingerprint density at radius 1 is 0.480 bits per heavy atom. The summed E-state index contributed by atoms with van der Waals surface area (Å²) in [6.45, 7) is 0. The second-order valence-electron chi connectivity index (χ2n) is 13.2. The molecule has 1 spiro atoms. The molecular weight excluding hydrogens is 625 g/mol. The third-order valence-corrected chi connectivity index (χ3v) is 11.6. The molecule has 236 valence electrons. The summed E-state index contributed by atoms with van der Waals surface area (Å²) in [4.78, 5) is 12.8. The third kappa shape index (κ3) is 4.43. The number of benzene rings is 6. The third-order valence-electron chi connectivity index (χ3n) is 10.4. The SMILES string of the molecule is C1=CC(c2cc(-c3ccc(-c4cccc5c4C4(c6ccccc6Sc6ccccc64)c4ccccc4-5)cc3)nc(-c3ccccc3)n2)=CCC1. The van der Waals surface area contributed by atoms with E-state index in [9.17, 15) is 0 Å². The minimum Gasteiger partial charge on any atom is -0.228 e. The van der Waals surface area contributed by atoms with Gasteiger partial charge in [-0.25, -0.2) is 9.97 Å². The maximum absolute atomic E-state index is 5.11. The molecule has 1 aromatic heterocycles. The van der Waals surface area contributed by atoms with Crippen LogP contribution in [0.4, 0.5) is 0 Å². The Bertz CT molecular complexity index is 2460. The van der Waals surface area contributed by atoms with E-state index < -0.39 is 5.41 Å². The normalized spacial score (nSPS) is 14.8. The molecule has 0 saturated carbocycles. The highest BCUT2D eigenvalue weighted by Gasteiger charge is 2.51. The lowest BCUT2D eigenvalue weighted by Crippen LogP contribution is -2.32. The van der Waals surface area contributed by atoms with Gasteiger partial charge in [-0.05, 0) is 81.1 Å². The summed E-state index contributed by atoms with van der Waals surface area (Å²) in [5.74, 6) is 0.745. The molecule has 2 nitrogen and oxygen atoms in total. The summed E-state index contributed by atoms with van der Waals surface area (Å²) in [6.07, 6.45) is 8.81. The van der Waals surface area contributed by atoms with Crippen LogP contribution < -0.4 is 0 Å². The van der Waals surface area contributed by atoms with E-state index in [2.05, 4.69) is 152 Å². The van der Waals surface area contributed by atoms with E-state index in [1.165, 1.54) is 54.3 Å². The van der Waals surface area contributed by atoms with Crippen LogP contribution in [0.3, 0.4) is 0 Å². The Kier molecular flexibility index (Phi) is 6.82. The Morgan fingerprint density at radius 2 is 1.10 bits per heavy atom. The maximum atomic E-state index is 5.11. The summed E-state index contributed by atoms with van der Waals surface area (Å²) in [7, 11) is 0. The van der Waals surface area contributed by atoms with Crippen molar-refractivity contribution < 1.29 is 0 Å². The molecule has 0 N–H and O–H groups in total. The molecule has 3 aliphatic rings. The number of allylic oxidation sites excluding steroid dienone is 4. The fourth-order valence-electron chi connectivity index (χ4n) is 8.24.